The SMILES string of the molecule is Oc1ccccc1CN=CC=NCc1ccccc1O. The number of aromatic hydroxyl groups is 2. The molecule has 0 aromatic heterocycles. The highest BCUT2D eigenvalue weighted by Crippen LogP contribution is 2.16. The van der Waals surface area contributed by atoms with Crippen molar-refractivity contribution in [1.82, 2.24) is 0 Å². The van der Waals surface area contributed by atoms with Crippen LogP contribution < -0.4 is 0 Å². The number of benzene rings is 2. The molecule has 2 aromatic carbocycles. The van der Waals surface area contributed by atoms with Crippen molar-refractivity contribution >= 4 is 12.4 Å². The van der Waals surface area contributed by atoms with E-state index in [0.717, 1.165) is 11.1 Å². The van der Waals surface area contributed by atoms with Crippen molar-refractivity contribution in [2.24, 2.45) is 9.98 Å². The van der Waals surface area contributed by atoms with E-state index in [1.165, 1.54) is 0 Å². The first-order valence-corrected chi connectivity index (χ1v) is 6.29. The molecule has 0 aliphatic rings. The summed E-state index contributed by atoms with van der Waals surface area (Å²) in [5.41, 5.74) is 1.55. The molecule has 0 atom stereocenters. The van der Waals surface area contributed by atoms with Gasteiger partial charge in [0.15, 0.2) is 0 Å². The zero-order valence-electron chi connectivity index (χ0n) is 11.0. The second-order valence-electron chi connectivity index (χ2n) is 4.24. The molecule has 0 radical (unpaired) electrons. The Balaban J connectivity index is 1.83. The molecule has 0 amide bonds. The number of hydrogen-bond acceptors (Lipinski definition) is 4. The number of phenolic OH excluding ortho intramolecular Hbond substituents is 2. The van der Waals surface area contributed by atoms with Crippen molar-refractivity contribution in [1.29, 1.82) is 0 Å². The maximum absolute atomic E-state index is 9.56. The minimum atomic E-state index is 0.246. The molecule has 0 fully saturated rings. The molecule has 0 heterocycles. The third-order valence-electron chi connectivity index (χ3n) is 2.78. The zero-order chi connectivity index (χ0) is 14.2. The number of aliphatic imine (C=N–C) groups is 2. The maximum atomic E-state index is 9.56. The monoisotopic (exact) mass is 268 g/mol. The number of phenols is 2. The summed E-state index contributed by atoms with van der Waals surface area (Å²) in [6.45, 7) is 0.824. The lowest BCUT2D eigenvalue weighted by Gasteiger charge is -1.99. The minimum absolute atomic E-state index is 0.246. The van der Waals surface area contributed by atoms with Gasteiger partial charge in [0.1, 0.15) is 11.5 Å². The molecule has 4 nitrogen and oxygen atoms in total. The lowest BCUT2D eigenvalue weighted by Crippen LogP contribution is -1.86. The Bertz CT molecular complexity index is 566. The Hall–Kier alpha value is -2.62. The fraction of sp³-hybridized carbons (Fsp3) is 0.125. The van der Waals surface area contributed by atoms with Crippen molar-refractivity contribution < 1.29 is 10.2 Å². The quantitative estimate of drug-likeness (QED) is 0.819. The number of para-hydroxylation sites is 2. The summed E-state index contributed by atoms with van der Waals surface area (Å²) in [5.74, 6) is 0.492. The second-order valence-corrected chi connectivity index (χ2v) is 4.24. The molecule has 0 spiro atoms. The van der Waals surface area contributed by atoms with Crippen LogP contribution in [0.5, 0.6) is 11.5 Å². The second kappa shape index (κ2) is 7.09. The van der Waals surface area contributed by atoms with E-state index in [9.17, 15) is 10.2 Å². The largest absolute Gasteiger partial charge is 0.508 e. The summed E-state index contributed by atoms with van der Waals surface area (Å²) < 4.78 is 0. The Labute approximate surface area is 117 Å². The summed E-state index contributed by atoms with van der Waals surface area (Å²) >= 11 is 0. The Kier molecular flexibility index (Phi) is 4.89. The average molecular weight is 268 g/mol. The number of nitrogens with zero attached hydrogens (tertiary/aromatic N) is 2. The fourth-order valence-electron chi connectivity index (χ4n) is 1.69. The first-order valence-electron chi connectivity index (χ1n) is 6.29. The standard InChI is InChI=1S/C16H16N2O2/c19-15-7-3-1-5-13(15)11-17-9-10-18-12-14-6-2-4-8-16(14)20/h1-10,19-20H,11-12H2. The third-order valence-corrected chi connectivity index (χ3v) is 2.78. The highest BCUT2D eigenvalue weighted by Gasteiger charge is 1.96. The highest BCUT2D eigenvalue weighted by molar-refractivity contribution is 6.15. The molecule has 2 aromatic rings. The van der Waals surface area contributed by atoms with Gasteiger partial charge in [0.2, 0.25) is 0 Å². The van der Waals surface area contributed by atoms with Gasteiger partial charge in [-0.2, -0.15) is 0 Å². The molecule has 4 heteroatoms. The van der Waals surface area contributed by atoms with E-state index in [-0.39, 0.29) is 11.5 Å². The van der Waals surface area contributed by atoms with Gasteiger partial charge in [0.05, 0.1) is 13.1 Å². The predicted molar refractivity (Wildman–Crippen MR) is 80.6 cm³/mol. The Morgan fingerprint density at radius 2 is 1.10 bits per heavy atom. The smallest absolute Gasteiger partial charge is 0.120 e. The van der Waals surface area contributed by atoms with Crippen LogP contribution in [-0.4, -0.2) is 22.6 Å². The van der Waals surface area contributed by atoms with Gasteiger partial charge in [-0.1, -0.05) is 36.4 Å². The van der Waals surface area contributed by atoms with Gasteiger partial charge in [-0.05, 0) is 12.1 Å². The third kappa shape index (κ3) is 3.95. The Morgan fingerprint density at radius 1 is 0.700 bits per heavy atom. The van der Waals surface area contributed by atoms with Crippen molar-refractivity contribution in [2.75, 3.05) is 0 Å². The van der Waals surface area contributed by atoms with Gasteiger partial charge in [-0.15, -0.1) is 0 Å². The van der Waals surface area contributed by atoms with Crippen LogP contribution in [0.25, 0.3) is 0 Å². The van der Waals surface area contributed by atoms with E-state index in [4.69, 9.17) is 0 Å². The van der Waals surface area contributed by atoms with Crippen molar-refractivity contribution in [3.63, 3.8) is 0 Å². The summed E-state index contributed by atoms with van der Waals surface area (Å²) in [6.07, 6.45) is 3.18. The Morgan fingerprint density at radius 3 is 1.50 bits per heavy atom. The molecule has 0 bridgehead atoms. The van der Waals surface area contributed by atoms with E-state index in [1.54, 1.807) is 36.7 Å². The van der Waals surface area contributed by atoms with Gasteiger partial charge in [-0.3, -0.25) is 9.98 Å². The van der Waals surface area contributed by atoms with Crippen molar-refractivity contribution in [2.45, 2.75) is 13.1 Å². The topological polar surface area (TPSA) is 65.2 Å². The van der Waals surface area contributed by atoms with Crippen LogP contribution in [0.2, 0.25) is 0 Å². The molecular weight excluding hydrogens is 252 g/mol. The van der Waals surface area contributed by atoms with E-state index in [2.05, 4.69) is 9.98 Å². The van der Waals surface area contributed by atoms with Crippen molar-refractivity contribution in [3.8, 4) is 11.5 Å². The molecule has 2 N–H and O–H groups in total. The summed E-state index contributed by atoms with van der Waals surface area (Å²) in [6, 6.07) is 14.2. The lowest BCUT2D eigenvalue weighted by molar-refractivity contribution is 0.468. The molecule has 0 unspecified atom stereocenters. The number of rotatable bonds is 5. The van der Waals surface area contributed by atoms with Crippen LogP contribution in [-0.2, 0) is 13.1 Å². The molecule has 102 valence electrons. The van der Waals surface area contributed by atoms with E-state index in [1.807, 2.05) is 24.3 Å². The first-order chi connectivity index (χ1) is 9.77. The fourth-order valence-corrected chi connectivity index (χ4v) is 1.69. The average Bonchev–Trinajstić information content (AvgIpc) is 2.46. The van der Waals surface area contributed by atoms with Crippen LogP contribution >= 0.6 is 0 Å². The van der Waals surface area contributed by atoms with Crippen LogP contribution in [0.1, 0.15) is 11.1 Å². The molecule has 0 aliphatic heterocycles. The number of hydrogen-bond donors (Lipinski definition) is 2. The normalized spacial score (nSPS) is 11.4. The van der Waals surface area contributed by atoms with Crippen LogP contribution in [0, 0.1) is 0 Å². The van der Waals surface area contributed by atoms with Crippen LogP contribution in [0.15, 0.2) is 58.5 Å². The molecule has 0 aliphatic carbocycles. The van der Waals surface area contributed by atoms with Gasteiger partial charge < -0.3 is 10.2 Å². The summed E-state index contributed by atoms with van der Waals surface area (Å²) in [5, 5.41) is 19.1. The first kappa shape index (κ1) is 13.8. The van der Waals surface area contributed by atoms with Gasteiger partial charge in [-0.25, -0.2) is 0 Å². The van der Waals surface area contributed by atoms with E-state index >= 15 is 0 Å². The predicted octanol–water partition coefficient (Wildman–Crippen LogP) is 2.94. The molecule has 20 heavy (non-hydrogen) atoms. The molecular formula is C16H16N2O2. The van der Waals surface area contributed by atoms with Crippen LogP contribution in [0.3, 0.4) is 0 Å². The van der Waals surface area contributed by atoms with Crippen LogP contribution in [0.4, 0.5) is 0 Å². The van der Waals surface area contributed by atoms with Gasteiger partial charge >= 0.3 is 0 Å². The lowest BCUT2D eigenvalue weighted by atomic mass is 10.2. The summed E-state index contributed by atoms with van der Waals surface area (Å²) in [4.78, 5) is 8.32. The van der Waals surface area contributed by atoms with E-state index < -0.39 is 0 Å². The van der Waals surface area contributed by atoms with Crippen molar-refractivity contribution in [3.05, 3.63) is 59.7 Å². The minimum Gasteiger partial charge on any atom is -0.508 e. The highest BCUT2D eigenvalue weighted by atomic mass is 16.3. The summed E-state index contributed by atoms with van der Waals surface area (Å²) in [7, 11) is 0. The molecule has 0 saturated carbocycles. The van der Waals surface area contributed by atoms with Gasteiger partial charge in [0, 0.05) is 23.6 Å². The van der Waals surface area contributed by atoms with Gasteiger partial charge in [0.25, 0.3) is 0 Å². The zero-order valence-corrected chi connectivity index (χ0v) is 11.0. The molecule has 0 saturated heterocycles. The molecule has 2 rings (SSSR count). The van der Waals surface area contributed by atoms with E-state index in [0.29, 0.717) is 13.1 Å². The maximum Gasteiger partial charge on any atom is 0.120 e.